The van der Waals surface area contributed by atoms with Gasteiger partial charge in [-0.2, -0.15) is 0 Å². The quantitative estimate of drug-likeness (QED) is 0.756. The van der Waals surface area contributed by atoms with Crippen molar-refractivity contribution in [2.24, 2.45) is 4.99 Å². The molecule has 1 saturated carbocycles. The fourth-order valence-corrected chi connectivity index (χ4v) is 5.03. The predicted octanol–water partition coefficient (Wildman–Crippen LogP) is 4.08. The van der Waals surface area contributed by atoms with Crippen LogP contribution in [0, 0.1) is 5.82 Å². The smallest absolute Gasteiger partial charge is 0.254 e. The number of amides is 1. The van der Waals surface area contributed by atoms with Gasteiger partial charge >= 0.3 is 0 Å². The van der Waals surface area contributed by atoms with Gasteiger partial charge < -0.3 is 20.3 Å². The Morgan fingerprint density at radius 1 is 1.28 bits per heavy atom. The summed E-state index contributed by atoms with van der Waals surface area (Å²) in [4.78, 5) is 24.7. The van der Waals surface area contributed by atoms with Gasteiger partial charge in [0.2, 0.25) is 0 Å². The first-order chi connectivity index (χ1) is 15.6. The summed E-state index contributed by atoms with van der Waals surface area (Å²) in [6.07, 6.45) is 8.00. The van der Waals surface area contributed by atoms with E-state index in [1.807, 2.05) is 12.1 Å². The molecule has 1 amide bonds. The Morgan fingerprint density at radius 3 is 2.91 bits per heavy atom. The maximum Gasteiger partial charge on any atom is 0.254 e. The lowest BCUT2D eigenvalue weighted by atomic mass is 9.85. The monoisotopic (exact) mass is 437 g/mol. The number of hydrogen-bond acceptors (Lipinski definition) is 5. The number of aliphatic imine (C=N–C) groups is 1. The second-order valence-electron chi connectivity index (χ2n) is 8.83. The normalized spacial score (nSPS) is 24.2. The molecule has 1 spiro atoms. The number of carbonyl (C=O) groups excluding carboxylic acids is 1. The molecule has 7 nitrogen and oxygen atoms in total. The van der Waals surface area contributed by atoms with Crippen molar-refractivity contribution >= 4 is 23.2 Å². The van der Waals surface area contributed by atoms with Gasteiger partial charge in [-0.15, -0.1) is 0 Å². The molecule has 168 valence electrons. The number of pyridine rings is 1. The zero-order valence-electron chi connectivity index (χ0n) is 18.2. The first kappa shape index (κ1) is 20.7. The summed E-state index contributed by atoms with van der Waals surface area (Å²) in [6, 6.07) is 8.54. The van der Waals surface area contributed by atoms with E-state index in [9.17, 15) is 9.18 Å². The van der Waals surface area contributed by atoms with Crippen LogP contribution in [-0.2, 0) is 0 Å². The van der Waals surface area contributed by atoms with Crippen molar-refractivity contribution < 1.29 is 13.9 Å². The van der Waals surface area contributed by atoms with Gasteiger partial charge in [0.1, 0.15) is 11.4 Å². The number of hydrogen-bond donors (Lipinski definition) is 2. The summed E-state index contributed by atoms with van der Waals surface area (Å²) in [5, 5.41) is 7.13. The molecular weight excluding hydrogens is 409 g/mol. The molecule has 2 fully saturated rings. The molecule has 0 radical (unpaired) electrons. The number of halogens is 1. The SMILES string of the molecule is COc1ccc(C(=O)N2CCC[C@@]3(C2)Nc2cccnc2NC3=NC2CCCC2)cc1F. The number of rotatable bonds is 3. The Balaban J connectivity index is 1.46. The molecule has 2 N–H and O–H groups in total. The summed E-state index contributed by atoms with van der Waals surface area (Å²) in [6.45, 7) is 1.07. The number of nitrogens with zero attached hydrogens (tertiary/aromatic N) is 3. The molecule has 3 aliphatic rings. The van der Waals surface area contributed by atoms with Gasteiger partial charge in [0, 0.05) is 18.3 Å². The van der Waals surface area contributed by atoms with Crippen molar-refractivity contribution in [3.05, 3.63) is 47.9 Å². The molecule has 5 rings (SSSR count). The van der Waals surface area contributed by atoms with Crippen LogP contribution in [0.5, 0.6) is 5.75 Å². The van der Waals surface area contributed by atoms with Crippen LogP contribution in [0.2, 0.25) is 0 Å². The molecule has 1 aliphatic carbocycles. The van der Waals surface area contributed by atoms with Crippen LogP contribution >= 0.6 is 0 Å². The van der Waals surface area contributed by atoms with Crippen molar-refractivity contribution in [2.75, 3.05) is 30.8 Å². The minimum atomic E-state index is -0.536. The summed E-state index contributed by atoms with van der Waals surface area (Å²) >= 11 is 0. The largest absolute Gasteiger partial charge is 0.494 e. The Morgan fingerprint density at radius 2 is 2.12 bits per heavy atom. The Labute approximate surface area is 187 Å². The number of fused-ring (bicyclic) bond motifs is 1. The van der Waals surface area contributed by atoms with E-state index in [0.29, 0.717) is 24.7 Å². The Kier molecular flexibility index (Phi) is 5.45. The third-order valence-corrected chi connectivity index (χ3v) is 6.69. The van der Waals surface area contributed by atoms with Gasteiger partial charge in [-0.3, -0.25) is 9.79 Å². The van der Waals surface area contributed by atoms with E-state index in [0.717, 1.165) is 43.0 Å². The zero-order chi connectivity index (χ0) is 22.1. The molecule has 1 aromatic heterocycles. The van der Waals surface area contributed by atoms with Crippen LogP contribution in [0.15, 0.2) is 41.5 Å². The van der Waals surface area contributed by atoms with Crippen LogP contribution in [0.3, 0.4) is 0 Å². The van der Waals surface area contributed by atoms with E-state index < -0.39 is 11.4 Å². The summed E-state index contributed by atoms with van der Waals surface area (Å²) in [5.41, 5.74) is 0.709. The standard InChI is InChI=1S/C24H28FN5O2/c1-32-20-10-9-16(14-18(20)25)22(31)30-13-5-11-24(15-30)23(27-17-6-2-3-7-17)28-21-19(29-24)8-4-12-26-21/h4,8-10,12,14,17,29H,2-3,5-7,11,13,15H2,1H3,(H,26,27,28)/t24-/m0/s1. The summed E-state index contributed by atoms with van der Waals surface area (Å²) in [5.74, 6) is 1.02. The topological polar surface area (TPSA) is 78.8 Å². The predicted molar refractivity (Wildman–Crippen MR) is 122 cm³/mol. The fraction of sp³-hybridized carbons (Fsp3) is 0.458. The molecule has 0 bridgehead atoms. The zero-order valence-corrected chi connectivity index (χ0v) is 18.2. The number of amidine groups is 1. The van der Waals surface area contributed by atoms with E-state index in [2.05, 4.69) is 15.6 Å². The van der Waals surface area contributed by atoms with Crippen molar-refractivity contribution in [1.82, 2.24) is 9.88 Å². The van der Waals surface area contributed by atoms with Crippen molar-refractivity contribution in [3.63, 3.8) is 0 Å². The average Bonchev–Trinajstić information content (AvgIpc) is 3.32. The number of anilines is 2. The van der Waals surface area contributed by atoms with E-state index in [-0.39, 0.29) is 11.7 Å². The van der Waals surface area contributed by atoms with E-state index >= 15 is 0 Å². The second-order valence-corrected chi connectivity index (χ2v) is 8.83. The number of piperidine rings is 1. The molecule has 2 aliphatic heterocycles. The van der Waals surface area contributed by atoms with Crippen LogP contribution in [0.4, 0.5) is 15.9 Å². The Bertz CT molecular complexity index is 1050. The Hall–Kier alpha value is -3.16. The maximum atomic E-state index is 14.2. The van der Waals surface area contributed by atoms with Crippen LogP contribution in [-0.4, -0.2) is 53.4 Å². The molecule has 32 heavy (non-hydrogen) atoms. The number of benzene rings is 1. The molecule has 8 heteroatoms. The number of ether oxygens (including phenoxy) is 1. The average molecular weight is 438 g/mol. The van der Waals surface area contributed by atoms with Gasteiger partial charge in [0.25, 0.3) is 5.91 Å². The third kappa shape index (κ3) is 3.78. The van der Waals surface area contributed by atoms with Crippen LogP contribution in [0.25, 0.3) is 0 Å². The highest BCUT2D eigenvalue weighted by Gasteiger charge is 2.45. The molecule has 1 atom stereocenters. The van der Waals surface area contributed by atoms with Crippen molar-refractivity contribution in [1.29, 1.82) is 0 Å². The molecule has 0 unspecified atom stereocenters. The van der Waals surface area contributed by atoms with Crippen LogP contribution in [0.1, 0.15) is 48.9 Å². The highest BCUT2D eigenvalue weighted by atomic mass is 19.1. The molecule has 3 heterocycles. The van der Waals surface area contributed by atoms with Crippen molar-refractivity contribution in [2.45, 2.75) is 50.1 Å². The number of likely N-dealkylation sites (tertiary alicyclic amines) is 1. The number of carbonyl (C=O) groups is 1. The highest BCUT2D eigenvalue weighted by molar-refractivity contribution is 6.09. The molecule has 1 aromatic carbocycles. The minimum Gasteiger partial charge on any atom is -0.494 e. The number of aromatic nitrogens is 1. The van der Waals surface area contributed by atoms with Gasteiger partial charge in [-0.1, -0.05) is 12.8 Å². The lowest BCUT2D eigenvalue weighted by Crippen LogP contribution is -2.62. The molecular formula is C24H28FN5O2. The first-order valence-electron chi connectivity index (χ1n) is 11.3. The van der Waals surface area contributed by atoms with Gasteiger partial charge in [-0.25, -0.2) is 9.37 Å². The van der Waals surface area contributed by atoms with Crippen LogP contribution < -0.4 is 15.4 Å². The third-order valence-electron chi connectivity index (χ3n) is 6.69. The lowest BCUT2D eigenvalue weighted by Gasteiger charge is -2.47. The number of methoxy groups -OCH3 is 1. The summed E-state index contributed by atoms with van der Waals surface area (Å²) in [7, 11) is 1.41. The van der Waals surface area contributed by atoms with Gasteiger partial charge in [0.15, 0.2) is 17.4 Å². The minimum absolute atomic E-state index is 0.130. The lowest BCUT2D eigenvalue weighted by molar-refractivity contribution is 0.0693. The van der Waals surface area contributed by atoms with Gasteiger partial charge in [0.05, 0.1) is 25.4 Å². The van der Waals surface area contributed by atoms with Crippen molar-refractivity contribution in [3.8, 4) is 5.75 Å². The molecule has 1 saturated heterocycles. The highest BCUT2D eigenvalue weighted by Crippen LogP contribution is 2.36. The summed E-state index contributed by atoms with van der Waals surface area (Å²) < 4.78 is 19.2. The fourth-order valence-electron chi connectivity index (χ4n) is 5.03. The van der Waals surface area contributed by atoms with E-state index in [1.54, 1.807) is 17.2 Å². The first-order valence-corrected chi connectivity index (χ1v) is 11.3. The van der Waals surface area contributed by atoms with Gasteiger partial charge in [-0.05, 0) is 56.0 Å². The molecule has 2 aromatic rings. The van der Waals surface area contributed by atoms with E-state index in [1.165, 1.54) is 32.1 Å². The number of nitrogens with one attached hydrogen (secondary N) is 2. The van der Waals surface area contributed by atoms with E-state index in [4.69, 9.17) is 9.73 Å². The second kappa shape index (κ2) is 8.41. The maximum absolute atomic E-state index is 14.2.